The third kappa shape index (κ3) is 3.21. The van der Waals surface area contributed by atoms with Crippen LogP contribution in [-0.4, -0.2) is 35.8 Å². The van der Waals surface area contributed by atoms with Crippen LogP contribution in [0.4, 0.5) is 0 Å². The molecule has 0 amide bonds. The number of benzene rings is 1. The van der Waals surface area contributed by atoms with Gasteiger partial charge in [-0.2, -0.15) is 9.40 Å². The Balaban J connectivity index is 2.28. The van der Waals surface area contributed by atoms with Crippen LogP contribution >= 0.6 is 11.8 Å². The second-order valence-electron chi connectivity index (χ2n) is 5.23. The predicted molar refractivity (Wildman–Crippen MR) is 89.6 cm³/mol. The van der Waals surface area contributed by atoms with E-state index in [2.05, 4.69) is 5.10 Å². The first-order valence-electron chi connectivity index (χ1n) is 6.87. The molecule has 0 fully saturated rings. The highest BCUT2D eigenvalue weighted by Gasteiger charge is 2.28. The van der Waals surface area contributed by atoms with Gasteiger partial charge in [0.05, 0.1) is 11.4 Å². The van der Waals surface area contributed by atoms with Crippen molar-refractivity contribution < 1.29 is 8.42 Å². The minimum absolute atomic E-state index is 0.304. The molecule has 2 rings (SSSR count). The van der Waals surface area contributed by atoms with E-state index in [1.165, 1.54) is 4.31 Å². The van der Waals surface area contributed by atoms with Crippen LogP contribution in [-0.2, 0) is 23.6 Å². The van der Waals surface area contributed by atoms with Gasteiger partial charge >= 0.3 is 0 Å². The van der Waals surface area contributed by atoms with E-state index in [1.54, 1.807) is 44.4 Å². The number of rotatable bonds is 5. The summed E-state index contributed by atoms with van der Waals surface area (Å²) in [5.41, 5.74) is 2.15. The minimum atomic E-state index is -3.55. The molecule has 0 unspecified atom stereocenters. The molecule has 1 aromatic heterocycles. The molecule has 5 nitrogen and oxygen atoms in total. The van der Waals surface area contributed by atoms with E-state index < -0.39 is 10.0 Å². The topological polar surface area (TPSA) is 55.2 Å². The van der Waals surface area contributed by atoms with Gasteiger partial charge in [0.15, 0.2) is 0 Å². The Morgan fingerprint density at radius 3 is 2.27 bits per heavy atom. The van der Waals surface area contributed by atoms with Crippen molar-refractivity contribution in [3.8, 4) is 0 Å². The molecule has 1 aromatic carbocycles. The molecule has 120 valence electrons. The second kappa shape index (κ2) is 6.44. The summed E-state index contributed by atoms with van der Waals surface area (Å²) in [6.45, 7) is 3.83. The Labute approximate surface area is 136 Å². The second-order valence-corrected chi connectivity index (χ2v) is 8.09. The van der Waals surface area contributed by atoms with Crippen molar-refractivity contribution in [2.75, 3.05) is 13.3 Å². The van der Waals surface area contributed by atoms with Gasteiger partial charge in [0, 0.05) is 25.5 Å². The Bertz CT molecular complexity index is 765. The average Bonchev–Trinajstić information content (AvgIpc) is 2.73. The van der Waals surface area contributed by atoms with Crippen molar-refractivity contribution in [2.45, 2.75) is 30.2 Å². The van der Waals surface area contributed by atoms with Gasteiger partial charge in [-0.25, -0.2) is 8.42 Å². The monoisotopic (exact) mass is 339 g/mol. The highest BCUT2D eigenvalue weighted by atomic mass is 32.2. The van der Waals surface area contributed by atoms with E-state index in [1.807, 2.05) is 30.5 Å². The van der Waals surface area contributed by atoms with E-state index in [-0.39, 0.29) is 0 Å². The summed E-state index contributed by atoms with van der Waals surface area (Å²) in [5, 5.41) is 4.20. The molecular formula is C15H21N3O2S2. The van der Waals surface area contributed by atoms with E-state index in [0.29, 0.717) is 22.8 Å². The van der Waals surface area contributed by atoms with Gasteiger partial charge in [0.2, 0.25) is 10.0 Å². The van der Waals surface area contributed by atoms with E-state index in [4.69, 9.17) is 0 Å². The normalized spacial score (nSPS) is 12.1. The fraction of sp³-hybridized carbons (Fsp3) is 0.400. The van der Waals surface area contributed by atoms with Crippen molar-refractivity contribution in [3.63, 3.8) is 0 Å². The first-order chi connectivity index (χ1) is 10.3. The third-order valence-electron chi connectivity index (χ3n) is 3.68. The Kier molecular flexibility index (Phi) is 4.99. The molecule has 0 saturated carbocycles. The average molecular weight is 339 g/mol. The van der Waals surface area contributed by atoms with Crippen molar-refractivity contribution in [2.24, 2.45) is 7.05 Å². The SMILES string of the molecule is CSc1ccc(CN(C)S(=O)(=O)c2c(C)nn(C)c2C)cc1. The van der Waals surface area contributed by atoms with Crippen LogP contribution in [0.15, 0.2) is 34.1 Å². The molecule has 0 bridgehead atoms. The van der Waals surface area contributed by atoms with E-state index >= 15 is 0 Å². The minimum Gasteiger partial charge on any atom is -0.271 e. The van der Waals surface area contributed by atoms with Crippen molar-refractivity contribution in [1.29, 1.82) is 0 Å². The van der Waals surface area contributed by atoms with Gasteiger partial charge in [0.1, 0.15) is 4.90 Å². The van der Waals surface area contributed by atoms with Gasteiger partial charge in [-0.1, -0.05) is 12.1 Å². The molecule has 0 saturated heterocycles. The van der Waals surface area contributed by atoms with Crippen LogP contribution in [0.1, 0.15) is 17.0 Å². The molecule has 22 heavy (non-hydrogen) atoms. The third-order valence-corrected chi connectivity index (χ3v) is 6.48. The number of aryl methyl sites for hydroxylation is 2. The number of sulfonamides is 1. The predicted octanol–water partition coefficient (Wildman–Crippen LogP) is 2.58. The first-order valence-corrected chi connectivity index (χ1v) is 9.53. The lowest BCUT2D eigenvalue weighted by Crippen LogP contribution is -2.27. The summed E-state index contributed by atoms with van der Waals surface area (Å²) in [6.07, 6.45) is 2.01. The molecule has 0 aliphatic rings. The molecule has 0 radical (unpaired) electrons. The quantitative estimate of drug-likeness (QED) is 0.786. The van der Waals surface area contributed by atoms with E-state index in [0.717, 1.165) is 10.5 Å². The number of nitrogens with zero attached hydrogens (tertiary/aromatic N) is 3. The molecule has 0 spiro atoms. The molecular weight excluding hydrogens is 318 g/mol. The number of hydrogen-bond donors (Lipinski definition) is 0. The van der Waals surface area contributed by atoms with Crippen LogP contribution in [0.5, 0.6) is 0 Å². The highest BCUT2D eigenvalue weighted by Crippen LogP contribution is 2.24. The smallest absolute Gasteiger partial charge is 0.246 e. The zero-order valence-corrected chi connectivity index (χ0v) is 15.1. The van der Waals surface area contributed by atoms with Crippen LogP contribution in [0.2, 0.25) is 0 Å². The van der Waals surface area contributed by atoms with Crippen molar-refractivity contribution in [3.05, 3.63) is 41.2 Å². The molecule has 0 aliphatic carbocycles. The molecule has 2 aromatic rings. The highest BCUT2D eigenvalue weighted by molar-refractivity contribution is 7.98. The summed E-state index contributed by atoms with van der Waals surface area (Å²) < 4.78 is 28.5. The molecule has 0 aliphatic heterocycles. The van der Waals surface area contributed by atoms with Gasteiger partial charge in [-0.15, -0.1) is 11.8 Å². The summed E-state index contributed by atoms with van der Waals surface area (Å²) in [4.78, 5) is 1.46. The molecule has 0 atom stereocenters. The number of hydrogen-bond acceptors (Lipinski definition) is 4. The maximum atomic E-state index is 12.8. The van der Waals surface area contributed by atoms with Gasteiger partial charge in [0.25, 0.3) is 0 Å². The Morgan fingerprint density at radius 2 is 1.82 bits per heavy atom. The largest absolute Gasteiger partial charge is 0.271 e. The van der Waals surface area contributed by atoms with Gasteiger partial charge < -0.3 is 0 Å². The maximum absolute atomic E-state index is 12.8. The van der Waals surface area contributed by atoms with Gasteiger partial charge in [-0.05, 0) is 37.8 Å². The lowest BCUT2D eigenvalue weighted by atomic mass is 10.2. The summed E-state index contributed by atoms with van der Waals surface area (Å²) in [5.74, 6) is 0. The lowest BCUT2D eigenvalue weighted by Gasteiger charge is -2.17. The van der Waals surface area contributed by atoms with Crippen molar-refractivity contribution >= 4 is 21.8 Å². The number of aromatic nitrogens is 2. The Hall–Kier alpha value is -1.31. The fourth-order valence-electron chi connectivity index (χ4n) is 2.36. The molecule has 0 N–H and O–H groups in total. The molecule has 7 heteroatoms. The summed E-state index contributed by atoms with van der Waals surface area (Å²) in [6, 6.07) is 7.92. The van der Waals surface area contributed by atoms with Crippen molar-refractivity contribution in [1.82, 2.24) is 14.1 Å². The van der Waals surface area contributed by atoms with E-state index in [9.17, 15) is 8.42 Å². The zero-order chi connectivity index (χ0) is 16.5. The zero-order valence-electron chi connectivity index (χ0n) is 13.5. The molecule has 1 heterocycles. The fourth-order valence-corrected chi connectivity index (χ4v) is 4.31. The lowest BCUT2D eigenvalue weighted by molar-refractivity contribution is 0.465. The summed E-state index contributed by atoms with van der Waals surface area (Å²) in [7, 11) is -0.195. The van der Waals surface area contributed by atoms with Gasteiger partial charge in [-0.3, -0.25) is 4.68 Å². The van der Waals surface area contributed by atoms with Crippen LogP contribution in [0.25, 0.3) is 0 Å². The van der Waals surface area contributed by atoms with Crippen LogP contribution in [0.3, 0.4) is 0 Å². The standard InChI is InChI=1S/C15H21N3O2S2/c1-11-15(12(2)18(4)16-11)22(19,20)17(3)10-13-6-8-14(21-5)9-7-13/h6-9H,10H2,1-5H3. The van der Waals surface area contributed by atoms with Crippen LogP contribution in [0, 0.1) is 13.8 Å². The Morgan fingerprint density at radius 1 is 1.23 bits per heavy atom. The van der Waals surface area contributed by atoms with Crippen LogP contribution < -0.4 is 0 Å². The maximum Gasteiger partial charge on any atom is 0.246 e. The number of thioether (sulfide) groups is 1. The first kappa shape index (κ1) is 17.1. The summed E-state index contributed by atoms with van der Waals surface area (Å²) >= 11 is 1.66.